The Morgan fingerprint density at radius 2 is 2.05 bits per heavy atom. The highest BCUT2D eigenvalue weighted by Crippen LogP contribution is 2.29. The van der Waals surface area contributed by atoms with E-state index in [9.17, 15) is 13.2 Å². The standard InChI is InChI=1S/C13H16N2O3S2/c1-8-6-9(2)12-10(7-8)19-13(15-12)14-11(16)4-5-20(3,17)18/h6-7H,4-5H2,1-3H3,(H,14,15,16). The SMILES string of the molecule is Cc1cc(C)c2nc(NC(=O)CCS(C)(=O)=O)sc2c1. The van der Waals surface area contributed by atoms with Crippen LogP contribution in [-0.2, 0) is 14.6 Å². The number of anilines is 1. The van der Waals surface area contributed by atoms with Gasteiger partial charge in [0.2, 0.25) is 5.91 Å². The minimum atomic E-state index is -3.13. The van der Waals surface area contributed by atoms with Crippen molar-refractivity contribution >= 4 is 42.4 Å². The van der Waals surface area contributed by atoms with Crippen LogP contribution in [0.4, 0.5) is 5.13 Å². The van der Waals surface area contributed by atoms with Gasteiger partial charge in [0, 0.05) is 12.7 Å². The Bertz CT molecular complexity index is 763. The Balaban J connectivity index is 2.14. The predicted molar refractivity (Wildman–Crippen MR) is 82.1 cm³/mol. The van der Waals surface area contributed by atoms with Gasteiger partial charge in [-0.15, -0.1) is 0 Å². The van der Waals surface area contributed by atoms with Crippen LogP contribution >= 0.6 is 11.3 Å². The highest BCUT2D eigenvalue weighted by atomic mass is 32.2. The second kappa shape index (κ2) is 5.49. The van der Waals surface area contributed by atoms with Gasteiger partial charge in [0.15, 0.2) is 5.13 Å². The highest BCUT2D eigenvalue weighted by Gasteiger charge is 2.12. The number of hydrogen-bond acceptors (Lipinski definition) is 5. The number of thiazole rings is 1. The molecule has 1 amide bonds. The number of carbonyl (C=O) groups is 1. The average Bonchev–Trinajstić information content (AvgIpc) is 2.68. The van der Waals surface area contributed by atoms with Gasteiger partial charge in [-0.1, -0.05) is 17.4 Å². The number of fused-ring (bicyclic) bond motifs is 1. The van der Waals surface area contributed by atoms with Crippen molar-refractivity contribution < 1.29 is 13.2 Å². The molecule has 0 aliphatic heterocycles. The number of carbonyl (C=O) groups excluding carboxylic acids is 1. The summed E-state index contributed by atoms with van der Waals surface area (Å²) in [5, 5.41) is 3.16. The van der Waals surface area contributed by atoms with Crippen molar-refractivity contribution in [3.05, 3.63) is 23.3 Å². The largest absolute Gasteiger partial charge is 0.302 e. The van der Waals surface area contributed by atoms with E-state index in [4.69, 9.17) is 0 Å². The summed E-state index contributed by atoms with van der Waals surface area (Å²) in [5.74, 6) is -0.481. The molecule has 1 aromatic heterocycles. The molecular weight excluding hydrogens is 296 g/mol. The van der Waals surface area contributed by atoms with Crippen molar-refractivity contribution in [2.75, 3.05) is 17.3 Å². The van der Waals surface area contributed by atoms with E-state index in [-0.39, 0.29) is 18.1 Å². The van der Waals surface area contributed by atoms with Gasteiger partial charge in [-0.25, -0.2) is 13.4 Å². The summed E-state index contributed by atoms with van der Waals surface area (Å²) < 4.78 is 23.1. The van der Waals surface area contributed by atoms with Gasteiger partial charge in [-0.2, -0.15) is 0 Å². The minimum absolute atomic E-state index is 0.0488. The van der Waals surface area contributed by atoms with E-state index in [1.165, 1.54) is 11.3 Å². The molecule has 108 valence electrons. The first kappa shape index (κ1) is 14.9. The molecule has 0 aliphatic rings. The molecule has 2 aromatic rings. The average molecular weight is 312 g/mol. The summed E-state index contributed by atoms with van der Waals surface area (Å²) in [6, 6.07) is 4.06. The van der Waals surface area contributed by atoms with E-state index < -0.39 is 9.84 Å². The smallest absolute Gasteiger partial charge is 0.227 e. The molecule has 7 heteroatoms. The molecule has 1 N–H and O–H groups in total. The maximum absolute atomic E-state index is 11.7. The number of sulfone groups is 1. The lowest BCUT2D eigenvalue weighted by Gasteiger charge is -2.00. The Hall–Kier alpha value is -1.47. The lowest BCUT2D eigenvalue weighted by Crippen LogP contribution is -2.16. The Morgan fingerprint density at radius 1 is 1.35 bits per heavy atom. The summed E-state index contributed by atoms with van der Waals surface area (Å²) in [6.45, 7) is 3.99. The molecule has 2 rings (SSSR count). The van der Waals surface area contributed by atoms with Gasteiger partial charge >= 0.3 is 0 Å². The topological polar surface area (TPSA) is 76.1 Å². The minimum Gasteiger partial charge on any atom is -0.302 e. The van der Waals surface area contributed by atoms with Gasteiger partial charge in [0.05, 0.1) is 16.0 Å². The van der Waals surface area contributed by atoms with Gasteiger partial charge in [0.1, 0.15) is 9.84 Å². The van der Waals surface area contributed by atoms with Crippen LogP contribution in [0.5, 0.6) is 0 Å². The van der Waals surface area contributed by atoms with E-state index in [2.05, 4.69) is 10.3 Å². The van der Waals surface area contributed by atoms with E-state index in [1.54, 1.807) is 0 Å². The zero-order valence-electron chi connectivity index (χ0n) is 11.6. The fraction of sp³-hybridized carbons (Fsp3) is 0.385. The van der Waals surface area contributed by atoms with Crippen LogP contribution in [-0.4, -0.2) is 31.3 Å². The summed E-state index contributed by atoms with van der Waals surface area (Å²) in [4.78, 5) is 16.1. The quantitative estimate of drug-likeness (QED) is 0.939. The van der Waals surface area contributed by atoms with Crippen LogP contribution in [0, 0.1) is 13.8 Å². The number of aromatic nitrogens is 1. The summed E-state index contributed by atoms with van der Waals surface area (Å²) in [7, 11) is -3.13. The molecule has 1 aromatic carbocycles. The number of nitrogens with zero attached hydrogens (tertiary/aromatic N) is 1. The van der Waals surface area contributed by atoms with Gasteiger partial charge in [-0.3, -0.25) is 4.79 Å². The van der Waals surface area contributed by atoms with Crippen LogP contribution in [0.15, 0.2) is 12.1 Å². The zero-order chi connectivity index (χ0) is 14.9. The summed E-state index contributed by atoms with van der Waals surface area (Å²) in [6.07, 6.45) is 1.07. The molecular formula is C13H16N2O3S2. The van der Waals surface area contributed by atoms with Gasteiger partial charge < -0.3 is 5.32 Å². The van der Waals surface area contributed by atoms with E-state index in [1.807, 2.05) is 26.0 Å². The Kier molecular flexibility index (Phi) is 4.10. The molecule has 0 bridgehead atoms. The van der Waals surface area contributed by atoms with Crippen LogP contribution in [0.2, 0.25) is 0 Å². The first-order valence-corrected chi connectivity index (χ1v) is 8.98. The van der Waals surface area contributed by atoms with Crippen molar-refractivity contribution in [3.63, 3.8) is 0 Å². The zero-order valence-corrected chi connectivity index (χ0v) is 13.2. The molecule has 0 unspecified atom stereocenters. The molecule has 0 spiro atoms. The van der Waals surface area contributed by atoms with Gasteiger partial charge in [0.25, 0.3) is 0 Å². The predicted octanol–water partition coefficient (Wildman–Crippen LogP) is 2.29. The van der Waals surface area contributed by atoms with E-state index in [0.29, 0.717) is 5.13 Å². The van der Waals surface area contributed by atoms with E-state index in [0.717, 1.165) is 27.6 Å². The molecule has 1 heterocycles. The van der Waals surface area contributed by atoms with E-state index >= 15 is 0 Å². The Labute approximate surface area is 121 Å². The lowest BCUT2D eigenvalue weighted by molar-refractivity contribution is -0.115. The fourth-order valence-corrected chi connectivity index (χ4v) is 3.50. The number of hydrogen-bond donors (Lipinski definition) is 1. The molecule has 5 nitrogen and oxygen atoms in total. The third-order valence-electron chi connectivity index (χ3n) is 2.78. The van der Waals surface area contributed by atoms with Crippen LogP contribution in [0.1, 0.15) is 17.5 Å². The number of benzene rings is 1. The summed E-state index contributed by atoms with van der Waals surface area (Å²) in [5.41, 5.74) is 3.08. The monoisotopic (exact) mass is 312 g/mol. The molecule has 20 heavy (non-hydrogen) atoms. The number of nitrogens with one attached hydrogen (secondary N) is 1. The fourth-order valence-electron chi connectivity index (χ4n) is 1.88. The van der Waals surface area contributed by atoms with Crippen molar-refractivity contribution in [2.24, 2.45) is 0 Å². The first-order valence-electron chi connectivity index (χ1n) is 6.10. The lowest BCUT2D eigenvalue weighted by atomic mass is 10.1. The molecule has 0 radical (unpaired) electrons. The molecule has 0 aliphatic carbocycles. The van der Waals surface area contributed by atoms with Gasteiger partial charge in [-0.05, 0) is 31.0 Å². The first-order chi connectivity index (χ1) is 9.24. The number of aryl methyl sites for hydroxylation is 2. The molecule has 0 saturated heterocycles. The molecule has 0 fully saturated rings. The van der Waals surface area contributed by atoms with Crippen molar-refractivity contribution in [1.29, 1.82) is 0 Å². The number of rotatable bonds is 4. The maximum Gasteiger partial charge on any atom is 0.227 e. The van der Waals surface area contributed by atoms with Crippen molar-refractivity contribution in [1.82, 2.24) is 4.98 Å². The third-order valence-corrected chi connectivity index (χ3v) is 4.64. The van der Waals surface area contributed by atoms with Crippen molar-refractivity contribution in [2.45, 2.75) is 20.3 Å². The van der Waals surface area contributed by atoms with Crippen LogP contribution < -0.4 is 5.32 Å². The molecule has 0 saturated carbocycles. The second-order valence-electron chi connectivity index (χ2n) is 4.88. The number of amides is 1. The Morgan fingerprint density at radius 3 is 2.70 bits per heavy atom. The third kappa shape index (κ3) is 3.77. The maximum atomic E-state index is 11.7. The highest BCUT2D eigenvalue weighted by molar-refractivity contribution is 7.90. The van der Waals surface area contributed by atoms with Crippen molar-refractivity contribution in [3.8, 4) is 0 Å². The normalized spacial score (nSPS) is 11.8. The summed E-state index contributed by atoms with van der Waals surface area (Å²) >= 11 is 1.39. The van der Waals surface area contributed by atoms with Crippen LogP contribution in [0.3, 0.4) is 0 Å². The van der Waals surface area contributed by atoms with Crippen LogP contribution in [0.25, 0.3) is 10.2 Å². The molecule has 0 atom stereocenters. The second-order valence-corrected chi connectivity index (χ2v) is 8.17.